The molecule has 7 nitrogen and oxygen atoms in total. The fraction of sp³-hybridized carbons (Fsp3) is 0.185. The van der Waals surface area contributed by atoms with E-state index >= 15 is 4.39 Å². The zero-order valence-corrected chi connectivity index (χ0v) is 19.3. The van der Waals surface area contributed by atoms with E-state index in [9.17, 15) is 4.79 Å². The lowest BCUT2D eigenvalue weighted by Gasteiger charge is -2.23. The van der Waals surface area contributed by atoms with Crippen LogP contribution < -0.4 is 24.4 Å². The molecule has 35 heavy (non-hydrogen) atoms. The van der Waals surface area contributed by atoms with Crippen molar-refractivity contribution in [1.29, 1.82) is 0 Å². The smallest absolute Gasteiger partial charge is 0.322 e. The van der Waals surface area contributed by atoms with Crippen LogP contribution in [0.4, 0.5) is 14.9 Å². The number of benzene rings is 3. The number of hydrogen-bond acceptors (Lipinski definition) is 5. The Hall–Kier alpha value is -4.33. The molecule has 1 aromatic heterocycles. The zero-order valence-electron chi connectivity index (χ0n) is 19.3. The second-order valence-electron chi connectivity index (χ2n) is 8.15. The fourth-order valence-corrected chi connectivity index (χ4v) is 4.30. The summed E-state index contributed by atoms with van der Waals surface area (Å²) in [5.41, 5.74) is 2.20. The number of nitrogens with zero attached hydrogens (tertiary/aromatic N) is 2. The number of amides is 2. The molecule has 1 atom stereocenters. The van der Waals surface area contributed by atoms with E-state index < -0.39 is 5.82 Å². The SMILES string of the molecule is COc1cc2nccc(Oc3ccc(N4C(=O)NCC4Cc4ccccc4)cc3F)c2cc1OC. The molecule has 0 aliphatic carbocycles. The number of carbonyl (C=O) groups excluding carboxylic acids is 1. The van der Waals surface area contributed by atoms with E-state index in [1.807, 2.05) is 30.3 Å². The second-order valence-corrected chi connectivity index (χ2v) is 8.15. The maximum atomic E-state index is 15.2. The lowest BCUT2D eigenvalue weighted by Crippen LogP contribution is -2.35. The maximum Gasteiger partial charge on any atom is 0.322 e. The van der Waals surface area contributed by atoms with Crippen LogP contribution in [0.1, 0.15) is 5.56 Å². The van der Waals surface area contributed by atoms with Gasteiger partial charge in [-0.05, 0) is 36.2 Å². The Morgan fingerprint density at radius 3 is 2.49 bits per heavy atom. The highest BCUT2D eigenvalue weighted by Gasteiger charge is 2.32. The monoisotopic (exact) mass is 473 g/mol. The standard InChI is InChI=1S/C27H24FN3O4/c1-33-25-14-20-22(15-26(25)34-2)29-11-10-23(20)35-24-9-8-18(13-21(24)28)31-19(16-30-27(31)32)12-17-6-4-3-5-7-17/h3-11,13-15,19H,12,16H2,1-2H3,(H,30,32). The van der Waals surface area contributed by atoms with Gasteiger partial charge in [0, 0.05) is 35.9 Å². The van der Waals surface area contributed by atoms with Crippen molar-refractivity contribution in [1.82, 2.24) is 10.3 Å². The Morgan fingerprint density at radius 2 is 1.74 bits per heavy atom. The topological polar surface area (TPSA) is 72.9 Å². The summed E-state index contributed by atoms with van der Waals surface area (Å²) in [6, 6.07) is 19.2. The number of pyridine rings is 1. The van der Waals surface area contributed by atoms with E-state index in [-0.39, 0.29) is 17.8 Å². The summed E-state index contributed by atoms with van der Waals surface area (Å²) in [6.07, 6.45) is 2.24. The van der Waals surface area contributed by atoms with Crippen LogP contribution in [0.15, 0.2) is 72.9 Å². The summed E-state index contributed by atoms with van der Waals surface area (Å²) >= 11 is 0. The maximum absolute atomic E-state index is 15.2. The third-order valence-electron chi connectivity index (χ3n) is 6.01. The molecule has 1 unspecified atom stereocenters. The van der Waals surface area contributed by atoms with Gasteiger partial charge in [0.1, 0.15) is 5.75 Å². The number of carbonyl (C=O) groups is 1. The second kappa shape index (κ2) is 9.50. The van der Waals surface area contributed by atoms with Gasteiger partial charge in [-0.25, -0.2) is 9.18 Å². The van der Waals surface area contributed by atoms with E-state index in [0.717, 1.165) is 5.56 Å². The Labute approximate surface area is 202 Å². The van der Waals surface area contributed by atoms with Crippen molar-refractivity contribution in [2.24, 2.45) is 0 Å². The summed E-state index contributed by atoms with van der Waals surface area (Å²) in [5, 5.41) is 3.51. The van der Waals surface area contributed by atoms with Crippen LogP contribution in [0.25, 0.3) is 10.9 Å². The molecule has 0 saturated carbocycles. The predicted molar refractivity (Wildman–Crippen MR) is 131 cm³/mol. The van der Waals surface area contributed by atoms with E-state index in [1.165, 1.54) is 12.1 Å². The number of nitrogens with one attached hydrogen (secondary N) is 1. The first-order valence-electron chi connectivity index (χ1n) is 11.2. The van der Waals surface area contributed by atoms with Gasteiger partial charge in [0.2, 0.25) is 0 Å². The molecule has 2 heterocycles. The van der Waals surface area contributed by atoms with Crippen molar-refractivity contribution in [3.63, 3.8) is 0 Å². The van der Waals surface area contributed by atoms with Crippen LogP contribution in [-0.2, 0) is 6.42 Å². The van der Waals surface area contributed by atoms with Crippen LogP contribution >= 0.6 is 0 Å². The highest BCUT2D eigenvalue weighted by molar-refractivity contribution is 5.95. The number of hydrogen-bond donors (Lipinski definition) is 1. The molecule has 1 N–H and O–H groups in total. The van der Waals surface area contributed by atoms with Crippen molar-refractivity contribution in [3.8, 4) is 23.0 Å². The molecule has 1 aliphatic heterocycles. The number of methoxy groups -OCH3 is 2. The molecular formula is C27H24FN3O4. The lowest BCUT2D eigenvalue weighted by molar-refractivity contribution is 0.251. The van der Waals surface area contributed by atoms with Gasteiger partial charge in [-0.3, -0.25) is 9.88 Å². The normalized spacial score (nSPS) is 15.2. The minimum Gasteiger partial charge on any atom is -0.493 e. The quantitative estimate of drug-likeness (QED) is 0.393. The number of rotatable bonds is 7. The number of urea groups is 1. The Balaban J connectivity index is 1.42. The fourth-order valence-electron chi connectivity index (χ4n) is 4.30. The van der Waals surface area contributed by atoms with Crippen molar-refractivity contribution < 1.29 is 23.4 Å². The molecule has 4 aromatic rings. The summed E-state index contributed by atoms with van der Waals surface area (Å²) in [6.45, 7) is 0.488. The van der Waals surface area contributed by atoms with Gasteiger partial charge in [-0.1, -0.05) is 30.3 Å². The van der Waals surface area contributed by atoms with Gasteiger partial charge in [0.15, 0.2) is 23.1 Å². The summed E-state index contributed by atoms with van der Waals surface area (Å²) in [7, 11) is 3.09. The zero-order chi connectivity index (χ0) is 24.4. The molecule has 1 saturated heterocycles. The molecule has 5 rings (SSSR count). The number of ether oxygens (including phenoxy) is 3. The molecule has 0 bridgehead atoms. The predicted octanol–water partition coefficient (Wildman–Crippen LogP) is 5.32. The number of aromatic nitrogens is 1. The van der Waals surface area contributed by atoms with Crippen molar-refractivity contribution in [3.05, 3.63) is 84.3 Å². The molecule has 0 spiro atoms. The van der Waals surface area contributed by atoms with Gasteiger partial charge in [-0.2, -0.15) is 0 Å². The lowest BCUT2D eigenvalue weighted by atomic mass is 10.1. The van der Waals surface area contributed by atoms with Gasteiger partial charge in [0.05, 0.1) is 25.8 Å². The first kappa shape index (κ1) is 22.5. The van der Waals surface area contributed by atoms with Crippen molar-refractivity contribution >= 4 is 22.6 Å². The minimum absolute atomic E-state index is 0.0373. The third-order valence-corrected chi connectivity index (χ3v) is 6.01. The van der Waals surface area contributed by atoms with E-state index in [2.05, 4.69) is 10.3 Å². The summed E-state index contributed by atoms with van der Waals surface area (Å²) in [4.78, 5) is 18.5. The van der Waals surface area contributed by atoms with E-state index in [0.29, 0.717) is 46.8 Å². The van der Waals surface area contributed by atoms with E-state index in [1.54, 1.807) is 49.6 Å². The Morgan fingerprint density at radius 1 is 0.971 bits per heavy atom. The minimum atomic E-state index is -0.578. The first-order chi connectivity index (χ1) is 17.1. The molecule has 178 valence electrons. The van der Waals surface area contributed by atoms with Crippen LogP contribution in [0.2, 0.25) is 0 Å². The average Bonchev–Trinajstić information content (AvgIpc) is 3.24. The van der Waals surface area contributed by atoms with Gasteiger partial charge in [0.25, 0.3) is 0 Å². The number of halogens is 1. The summed E-state index contributed by atoms with van der Waals surface area (Å²) < 4.78 is 31.8. The van der Waals surface area contributed by atoms with E-state index in [4.69, 9.17) is 14.2 Å². The number of anilines is 1. The van der Waals surface area contributed by atoms with Gasteiger partial charge in [-0.15, -0.1) is 0 Å². The highest BCUT2D eigenvalue weighted by atomic mass is 19.1. The molecule has 8 heteroatoms. The molecule has 2 amide bonds. The molecular weight excluding hydrogens is 449 g/mol. The molecule has 3 aromatic carbocycles. The van der Waals surface area contributed by atoms with Gasteiger partial charge < -0.3 is 19.5 Å². The van der Waals surface area contributed by atoms with Crippen LogP contribution in [0, 0.1) is 5.82 Å². The van der Waals surface area contributed by atoms with Crippen LogP contribution in [0.3, 0.4) is 0 Å². The Bertz CT molecular complexity index is 1380. The Kier molecular flexibility index (Phi) is 6.10. The third kappa shape index (κ3) is 4.42. The molecule has 1 aliphatic rings. The van der Waals surface area contributed by atoms with Crippen LogP contribution in [0.5, 0.6) is 23.0 Å². The molecule has 1 fully saturated rings. The van der Waals surface area contributed by atoms with Crippen molar-refractivity contribution in [2.75, 3.05) is 25.7 Å². The molecule has 0 radical (unpaired) electrons. The van der Waals surface area contributed by atoms with Crippen LogP contribution in [-0.4, -0.2) is 37.8 Å². The largest absolute Gasteiger partial charge is 0.493 e. The average molecular weight is 474 g/mol. The first-order valence-corrected chi connectivity index (χ1v) is 11.2. The number of fused-ring (bicyclic) bond motifs is 1. The van der Waals surface area contributed by atoms with Gasteiger partial charge >= 0.3 is 6.03 Å². The highest BCUT2D eigenvalue weighted by Crippen LogP contribution is 2.38. The summed E-state index contributed by atoms with van der Waals surface area (Å²) in [5.74, 6) is 0.928. The van der Waals surface area contributed by atoms with Crippen molar-refractivity contribution in [2.45, 2.75) is 12.5 Å².